The maximum absolute atomic E-state index is 10.4. The van der Waals surface area contributed by atoms with Crippen LogP contribution in [0.5, 0.6) is 0 Å². The number of hydrogen-bond acceptors (Lipinski definition) is 3. The van der Waals surface area contributed by atoms with Gasteiger partial charge in [-0.25, -0.2) is 0 Å². The Morgan fingerprint density at radius 2 is 2.38 bits per heavy atom. The quantitative estimate of drug-likeness (QED) is 0.758. The molecular formula is C10H20O2S. The Hall–Kier alpha value is 0.270. The summed E-state index contributed by atoms with van der Waals surface area (Å²) in [6.45, 7) is 5.00. The van der Waals surface area contributed by atoms with Gasteiger partial charge in [0.25, 0.3) is 0 Å². The summed E-state index contributed by atoms with van der Waals surface area (Å²) in [5.41, 5.74) is -0.455. The molecule has 0 amide bonds. The van der Waals surface area contributed by atoms with Gasteiger partial charge in [0.1, 0.15) is 0 Å². The average molecular weight is 204 g/mol. The molecule has 78 valence electrons. The second-order valence-electron chi connectivity index (χ2n) is 3.94. The van der Waals surface area contributed by atoms with E-state index in [9.17, 15) is 5.11 Å². The second-order valence-corrected chi connectivity index (χ2v) is 5.39. The Morgan fingerprint density at radius 1 is 1.69 bits per heavy atom. The van der Waals surface area contributed by atoms with E-state index >= 15 is 0 Å². The summed E-state index contributed by atoms with van der Waals surface area (Å²) in [6, 6.07) is 0. The van der Waals surface area contributed by atoms with E-state index in [0.29, 0.717) is 11.2 Å². The van der Waals surface area contributed by atoms with Crippen molar-refractivity contribution in [3.8, 4) is 0 Å². The summed E-state index contributed by atoms with van der Waals surface area (Å²) in [4.78, 5) is 0. The second kappa shape index (κ2) is 4.67. The summed E-state index contributed by atoms with van der Waals surface area (Å²) in [5, 5.41) is 10.8. The van der Waals surface area contributed by atoms with Crippen molar-refractivity contribution in [2.45, 2.75) is 37.5 Å². The lowest BCUT2D eigenvalue weighted by atomic mass is 9.82. The molecule has 0 aromatic heterocycles. The molecule has 1 heterocycles. The normalized spacial score (nSPS) is 36.5. The van der Waals surface area contributed by atoms with Crippen LogP contribution < -0.4 is 0 Å². The molecule has 1 fully saturated rings. The molecule has 1 N–H and O–H groups in total. The Kier molecular flexibility index (Phi) is 4.07. The standard InChI is InChI=1S/C10H20O2S/c1-8(4-6-12-3)10(11)5-7-13-9(10)2/h8-9,11H,4-7H2,1-3H3. The number of thioether (sulfide) groups is 1. The highest BCUT2D eigenvalue weighted by Crippen LogP contribution is 2.41. The fraction of sp³-hybridized carbons (Fsp3) is 1.00. The minimum atomic E-state index is -0.455. The summed E-state index contributed by atoms with van der Waals surface area (Å²) in [5.74, 6) is 1.44. The molecule has 1 aliphatic heterocycles. The van der Waals surface area contributed by atoms with Crippen LogP contribution in [0.2, 0.25) is 0 Å². The molecule has 0 radical (unpaired) electrons. The van der Waals surface area contributed by atoms with Gasteiger partial charge in [-0.15, -0.1) is 0 Å². The van der Waals surface area contributed by atoms with Crippen LogP contribution in [0.1, 0.15) is 26.7 Å². The molecule has 1 aliphatic rings. The van der Waals surface area contributed by atoms with Gasteiger partial charge in [-0.05, 0) is 24.5 Å². The Morgan fingerprint density at radius 3 is 2.85 bits per heavy atom. The van der Waals surface area contributed by atoms with E-state index in [1.165, 1.54) is 0 Å². The minimum absolute atomic E-state index is 0.345. The van der Waals surface area contributed by atoms with E-state index in [1.54, 1.807) is 7.11 Å². The summed E-state index contributed by atoms with van der Waals surface area (Å²) < 4.78 is 5.03. The van der Waals surface area contributed by atoms with Gasteiger partial charge in [-0.3, -0.25) is 0 Å². The fourth-order valence-corrected chi connectivity index (χ4v) is 3.38. The lowest BCUT2D eigenvalue weighted by molar-refractivity contribution is -0.0173. The Bertz CT molecular complexity index is 163. The van der Waals surface area contributed by atoms with Crippen LogP contribution in [0.25, 0.3) is 0 Å². The average Bonchev–Trinajstić information content (AvgIpc) is 2.44. The van der Waals surface area contributed by atoms with Crippen LogP contribution in [0.3, 0.4) is 0 Å². The van der Waals surface area contributed by atoms with E-state index in [1.807, 2.05) is 11.8 Å². The topological polar surface area (TPSA) is 29.5 Å². The highest BCUT2D eigenvalue weighted by Gasteiger charge is 2.42. The first-order valence-electron chi connectivity index (χ1n) is 4.94. The SMILES string of the molecule is COCCC(C)C1(O)CCSC1C. The highest BCUT2D eigenvalue weighted by atomic mass is 32.2. The maximum atomic E-state index is 10.4. The summed E-state index contributed by atoms with van der Waals surface area (Å²) in [7, 11) is 1.71. The third-order valence-corrected chi connectivity index (χ3v) is 4.53. The van der Waals surface area contributed by atoms with Crippen LogP contribution in [0, 0.1) is 5.92 Å². The van der Waals surface area contributed by atoms with Crippen molar-refractivity contribution in [2.75, 3.05) is 19.5 Å². The van der Waals surface area contributed by atoms with Crippen molar-refractivity contribution in [1.29, 1.82) is 0 Å². The van der Waals surface area contributed by atoms with Crippen molar-refractivity contribution in [2.24, 2.45) is 5.92 Å². The molecule has 2 nitrogen and oxygen atoms in total. The van der Waals surface area contributed by atoms with Crippen LogP contribution >= 0.6 is 11.8 Å². The lowest BCUT2D eigenvalue weighted by Gasteiger charge is -2.33. The van der Waals surface area contributed by atoms with Crippen molar-refractivity contribution < 1.29 is 9.84 Å². The fourth-order valence-electron chi connectivity index (χ4n) is 1.94. The Labute approximate surface area is 85.0 Å². The molecule has 0 saturated carbocycles. The van der Waals surface area contributed by atoms with Crippen molar-refractivity contribution in [3.05, 3.63) is 0 Å². The molecule has 1 rings (SSSR count). The highest BCUT2D eigenvalue weighted by molar-refractivity contribution is 8.00. The number of ether oxygens (including phenoxy) is 1. The largest absolute Gasteiger partial charge is 0.388 e. The smallest absolute Gasteiger partial charge is 0.0797 e. The number of methoxy groups -OCH3 is 1. The number of rotatable bonds is 4. The van der Waals surface area contributed by atoms with Crippen molar-refractivity contribution in [3.63, 3.8) is 0 Å². The van der Waals surface area contributed by atoms with Gasteiger partial charge in [0, 0.05) is 19.0 Å². The van der Waals surface area contributed by atoms with Crippen molar-refractivity contribution in [1.82, 2.24) is 0 Å². The first-order chi connectivity index (χ1) is 6.11. The van der Waals surface area contributed by atoms with Gasteiger partial charge in [0.15, 0.2) is 0 Å². The van der Waals surface area contributed by atoms with Crippen LogP contribution in [0.4, 0.5) is 0 Å². The molecule has 1 saturated heterocycles. The number of aliphatic hydroxyl groups is 1. The van der Waals surface area contributed by atoms with Crippen molar-refractivity contribution >= 4 is 11.8 Å². The van der Waals surface area contributed by atoms with Gasteiger partial charge in [-0.1, -0.05) is 13.8 Å². The van der Waals surface area contributed by atoms with Gasteiger partial charge in [0.05, 0.1) is 5.60 Å². The van der Waals surface area contributed by atoms with Gasteiger partial charge < -0.3 is 9.84 Å². The third-order valence-electron chi connectivity index (χ3n) is 3.18. The molecule has 0 spiro atoms. The zero-order valence-electron chi connectivity index (χ0n) is 8.75. The zero-order valence-corrected chi connectivity index (χ0v) is 9.56. The van der Waals surface area contributed by atoms with Crippen LogP contribution in [-0.4, -0.2) is 35.4 Å². The van der Waals surface area contributed by atoms with Gasteiger partial charge >= 0.3 is 0 Å². The van der Waals surface area contributed by atoms with E-state index in [4.69, 9.17) is 4.74 Å². The molecule has 0 aliphatic carbocycles. The third kappa shape index (κ3) is 2.39. The van der Waals surface area contributed by atoms with Gasteiger partial charge in [0.2, 0.25) is 0 Å². The maximum Gasteiger partial charge on any atom is 0.0797 e. The summed E-state index contributed by atoms with van der Waals surface area (Å²) >= 11 is 1.88. The monoisotopic (exact) mass is 204 g/mol. The minimum Gasteiger partial charge on any atom is -0.388 e. The Balaban J connectivity index is 2.47. The molecule has 3 unspecified atom stereocenters. The van der Waals surface area contributed by atoms with Gasteiger partial charge in [-0.2, -0.15) is 11.8 Å². The molecule has 3 atom stereocenters. The lowest BCUT2D eigenvalue weighted by Crippen LogP contribution is -2.41. The first-order valence-corrected chi connectivity index (χ1v) is 5.99. The van der Waals surface area contributed by atoms with Crippen LogP contribution in [0.15, 0.2) is 0 Å². The molecule has 3 heteroatoms. The zero-order chi connectivity index (χ0) is 9.90. The van der Waals surface area contributed by atoms with E-state index in [2.05, 4.69) is 13.8 Å². The molecule has 0 aromatic carbocycles. The predicted octanol–water partition coefficient (Wildman–Crippen LogP) is 1.92. The number of hydrogen-bond donors (Lipinski definition) is 1. The summed E-state index contributed by atoms with van der Waals surface area (Å²) in [6.07, 6.45) is 1.89. The predicted molar refractivity (Wildman–Crippen MR) is 57.1 cm³/mol. The van der Waals surface area contributed by atoms with Crippen LogP contribution in [-0.2, 0) is 4.74 Å². The van der Waals surface area contributed by atoms with E-state index < -0.39 is 5.60 Å². The van der Waals surface area contributed by atoms with E-state index in [0.717, 1.165) is 25.2 Å². The molecular weight excluding hydrogens is 184 g/mol. The van der Waals surface area contributed by atoms with E-state index in [-0.39, 0.29) is 0 Å². The molecule has 0 aromatic rings. The molecule has 13 heavy (non-hydrogen) atoms. The molecule has 0 bridgehead atoms. The first kappa shape index (κ1) is 11.3.